The van der Waals surface area contributed by atoms with Gasteiger partial charge < -0.3 is 10.6 Å². The number of rotatable bonds is 3. The van der Waals surface area contributed by atoms with Crippen molar-refractivity contribution in [3.8, 4) is 0 Å². The van der Waals surface area contributed by atoms with Crippen molar-refractivity contribution in [3.63, 3.8) is 0 Å². The molecule has 2 aliphatic heterocycles. The van der Waals surface area contributed by atoms with Crippen LogP contribution in [-0.4, -0.2) is 54.6 Å². The maximum absolute atomic E-state index is 5.91. The van der Waals surface area contributed by atoms with Gasteiger partial charge in [-0.15, -0.1) is 0 Å². The molecule has 3 heteroatoms. The second kappa shape index (κ2) is 4.60. The third-order valence-electron chi connectivity index (χ3n) is 3.68. The first-order chi connectivity index (χ1) is 6.79. The van der Waals surface area contributed by atoms with Crippen LogP contribution in [0.2, 0.25) is 0 Å². The zero-order valence-electron chi connectivity index (χ0n) is 9.28. The van der Waals surface area contributed by atoms with Gasteiger partial charge in [-0.1, -0.05) is 6.92 Å². The Balaban J connectivity index is 1.79. The van der Waals surface area contributed by atoms with Crippen LogP contribution in [0.3, 0.4) is 0 Å². The summed E-state index contributed by atoms with van der Waals surface area (Å²) in [4.78, 5) is 5.16. The minimum atomic E-state index is 0.437. The summed E-state index contributed by atoms with van der Waals surface area (Å²) < 4.78 is 0. The zero-order valence-corrected chi connectivity index (χ0v) is 9.28. The fourth-order valence-corrected chi connectivity index (χ4v) is 2.84. The molecule has 2 rings (SSSR count). The van der Waals surface area contributed by atoms with E-state index in [-0.39, 0.29) is 0 Å². The molecule has 3 nitrogen and oxygen atoms in total. The highest BCUT2D eigenvalue weighted by atomic mass is 15.2. The molecule has 2 aliphatic rings. The van der Waals surface area contributed by atoms with E-state index >= 15 is 0 Å². The third kappa shape index (κ3) is 2.27. The van der Waals surface area contributed by atoms with Crippen LogP contribution in [0.5, 0.6) is 0 Å². The molecule has 2 N–H and O–H groups in total. The first-order valence-electron chi connectivity index (χ1n) is 6.01. The number of hydrogen-bond donors (Lipinski definition) is 1. The summed E-state index contributed by atoms with van der Waals surface area (Å²) in [5, 5.41) is 0. The van der Waals surface area contributed by atoms with Crippen molar-refractivity contribution in [2.75, 3.05) is 32.7 Å². The van der Waals surface area contributed by atoms with Gasteiger partial charge in [0.2, 0.25) is 0 Å². The average molecular weight is 197 g/mol. The topological polar surface area (TPSA) is 32.5 Å². The molecule has 0 aliphatic carbocycles. The molecule has 2 unspecified atom stereocenters. The fraction of sp³-hybridized carbons (Fsp3) is 1.00. The quantitative estimate of drug-likeness (QED) is 0.715. The molecular weight excluding hydrogens is 174 g/mol. The average Bonchev–Trinajstić information content (AvgIpc) is 2.76. The predicted octanol–water partition coefficient (Wildman–Crippen LogP) is 0.504. The van der Waals surface area contributed by atoms with Gasteiger partial charge in [-0.2, -0.15) is 0 Å². The van der Waals surface area contributed by atoms with Gasteiger partial charge in [-0.25, -0.2) is 0 Å². The summed E-state index contributed by atoms with van der Waals surface area (Å²) in [6.07, 6.45) is 3.97. The fourth-order valence-electron chi connectivity index (χ4n) is 2.84. The first kappa shape index (κ1) is 10.4. The summed E-state index contributed by atoms with van der Waals surface area (Å²) in [5.41, 5.74) is 5.91. The number of hydrogen-bond acceptors (Lipinski definition) is 3. The molecule has 2 atom stereocenters. The van der Waals surface area contributed by atoms with Crippen LogP contribution in [0.4, 0.5) is 0 Å². The Morgan fingerprint density at radius 1 is 1.29 bits per heavy atom. The Labute approximate surface area is 87.2 Å². The highest BCUT2D eigenvalue weighted by Crippen LogP contribution is 2.19. The van der Waals surface area contributed by atoms with Gasteiger partial charge in [0.25, 0.3) is 0 Å². The lowest BCUT2D eigenvalue weighted by atomic mass is 10.2. The maximum Gasteiger partial charge on any atom is 0.0223 e. The molecular formula is C11H23N3. The molecule has 0 aromatic rings. The van der Waals surface area contributed by atoms with Crippen molar-refractivity contribution in [1.82, 2.24) is 9.80 Å². The summed E-state index contributed by atoms with van der Waals surface area (Å²) in [6, 6.07) is 1.25. The molecule has 0 aromatic heterocycles. The Morgan fingerprint density at radius 3 is 2.79 bits per heavy atom. The van der Waals surface area contributed by atoms with E-state index in [1.165, 1.54) is 45.4 Å². The summed E-state index contributed by atoms with van der Waals surface area (Å²) >= 11 is 0. The molecule has 0 saturated carbocycles. The van der Waals surface area contributed by atoms with E-state index in [1.807, 2.05) is 0 Å². The largest absolute Gasteiger partial charge is 0.326 e. The van der Waals surface area contributed by atoms with Gasteiger partial charge in [0.15, 0.2) is 0 Å². The van der Waals surface area contributed by atoms with E-state index in [0.717, 1.165) is 12.6 Å². The summed E-state index contributed by atoms with van der Waals surface area (Å²) in [6.45, 7) is 8.38. The van der Waals surface area contributed by atoms with Gasteiger partial charge in [0, 0.05) is 25.2 Å². The molecule has 0 spiro atoms. The molecule has 82 valence electrons. The van der Waals surface area contributed by atoms with Crippen LogP contribution >= 0.6 is 0 Å². The monoisotopic (exact) mass is 197 g/mol. The van der Waals surface area contributed by atoms with Gasteiger partial charge in [-0.05, 0) is 38.9 Å². The highest BCUT2D eigenvalue weighted by molar-refractivity contribution is 4.85. The van der Waals surface area contributed by atoms with Gasteiger partial charge in [0.05, 0.1) is 0 Å². The van der Waals surface area contributed by atoms with E-state index in [9.17, 15) is 0 Å². The smallest absolute Gasteiger partial charge is 0.0223 e. The Bertz CT molecular complexity index is 183. The van der Waals surface area contributed by atoms with Crippen molar-refractivity contribution in [3.05, 3.63) is 0 Å². The van der Waals surface area contributed by atoms with E-state index < -0.39 is 0 Å². The van der Waals surface area contributed by atoms with Gasteiger partial charge in [-0.3, -0.25) is 4.90 Å². The molecule has 2 heterocycles. The van der Waals surface area contributed by atoms with Crippen LogP contribution in [-0.2, 0) is 0 Å². The van der Waals surface area contributed by atoms with Crippen LogP contribution in [0.1, 0.15) is 26.2 Å². The van der Waals surface area contributed by atoms with E-state index in [1.54, 1.807) is 0 Å². The maximum atomic E-state index is 5.91. The lowest BCUT2D eigenvalue weighted by Gasteiger charge is -2.27. The predicted molar refractivity (Wildman–Crippen MR) is 59.3 cm³/mol. The standard InChI is InChI=1S/C11H23N3/c1-2-14-6-3-4-11(14)9-13-7-5-10(12)8-13/h10-11H,2-9,12H2,1H3. The second-order valence-corrected chi connectivity index (χ2v) is 4.73. The number of nitrogens with zero attached hydrogens (tertiary/aromatic N) is 2. The highest BCUT2D eigenvalue weighted by Gasteiger charge is 2.27. The van der Waals surface area contributed by atoms with Crippen LogP contribution in [0.15, 0.2) is 0 Å². The molecule has 0 radical (unpaired) electrons. The van der Waals surface area contributed by atoms with E-state index in [0.29, 0.717) is 6.04 Å². The number of likely N-dealkylation sites (N-methyl/N-ethyl adjacent to an activating group) is 1. The van der Waals surface area contributed by atoms with Crippen LogP contribution in [0, 0.1) is 0 Å². The van der Waals surface area contributed by atoms with Crippen molar-refractivity contribution in [2.45, 2.75) is 38.3 Å². The molecule has 0 amide bonds. The van der Waals surface area contributed by atoms with Crippen LogP contribution in [0.25, 0.3) is 0 Å². The first-order valence-corrected chi connectivity index (χ1v) is 6.01. The third-order valence-corrected chi connectivity index (χ3v) is 3.68. The lowest BCUT2D eigenvalue weighted by molar-refractivity contribution is 0.197. The lowest BCUT2D eigenvalue weighted by Crippen LogP contribution is -2.40. The van der Waals surface area contributed by atoms with E-state index in [2.05, 4.69) is 16.7 Å². The van der Waals surface area contributed by atoms with Crippen molar-refractivity contribution >= 4 is 0 Å². The minimum Gasteiger partial charge on any atom is -0.326 e. The molecule has 2 saturated heterocycles. The SMILES string of the molecule is CCN1CCCC1CN1CCC(N)C1. The van der Waals surface area contributed by atoms with Gasteiger partial charge >= 0.3 is 0 Å². The van der Waals surface area contributed by atoms with Crippen molar-refractivity contribution in [1.29, 1.82) is 0 Å². The molecule has 0 aromatic carbocycles. The Kier molecular flexibility index (Phi) is 3.42. The van der Waals surface area contributed by atoms with E-state index in [4.69, 9.17) is 5.73 Å². The van der Waals surface area contributed by atoms with Crippen molar-refractivity contribution in [2.24, 2.45) is 5.73 Å². The minimum absolute atomic E-state index is 0.437. The Hall–Kier alpha value is -0.120. The second-order valence-electron chi connectivity index (χ2n) is 4.73. The summed E-state index contributed by atoms with van der Waals surface area (Å²) in [5.74, 6) is 0. The van der Waals surface area contributed by atoms with Crippen LogP contribution < -0.4 is 5.73 Å². The molecule has 0 bridgehead atoms. The number of nitrogens with two attached hydrogens (primary N) is 1. The zero-order chi connectivity index (χ0) is 9.97. The molecule has 2 fully saturated rings. The number of likely N-dealkylation sites (tertiary alicyclic amines) is 2. The van der Waals surface area contributed by atoms with Crippen molar-refractivity contribution < 1.29 is 0 Å². The van der Waals surface area contributed by atoms with Gasteiger partial charge in [0.1, 0.15) is 0 Å². The Morgan fingerprint density at radius 2 is 2.14 bits per heavy atom. The summed E-state index contributed by atoms with van der Waals surface area (Å²) in [7, 11) is 0. The normalized spacial score (nSPS) is 35.6. The molecule has 14 heavy (non-hydrogen) atoms.